The van der Waals surface area contributed by atoms with Crippen LogP contribution in [0.4, 0.5) is 0 Å². The van der Waals surface area contributed by atoms with Gasteiger partial charge >= 0.3 is 5.97 Å². The number of hydrogen-bond acceptors (Lipinski definition) is 2. The lowest BCUT2D eigenvalue weighted by molar-refractivity contribution is -0.661. The molecular weight excluding hydrogens is 226 g/mol. The molecule has 1 fully saturated rings. The van der Waals surface area contributed by atoms with Gasteiger partial charge in [-0.3, -0.25) is 0 Å². The summed E-state index contributed by atoms with van der Waals surface area (Å²) in [5, 5.41) is 2.08. The fourth-order valence-corrected chi connectivity index (χ4v) is 2.04. The van der Waals surface area contributed by atoms with Crippen molar-refractivity contribution in [3.63, 3.8) is 0 Å². The lowest BCUT2D eigenvalue weighted by atomic mass is 9.99. The largest absolute Gasteiger partial charge is 1.00 e. The smallest absolute Gasteiger partial charge is 0.365 e. The number of hydrogen-bond donors (Lipinski definition) is 1. The molecule has 0 bridgehead atoms. The zero-order chi connectivity index (χ0) is 11.1. The molecule has 2 atom stereocenters. The molecule has 0 spiro atoms. The van der Waals surface area contributed by atoms with Crippen molar-refractivity contribution in [3.8, 4) is 0 Å². The number of nitrogens with two attached hydrogens (primary N) is 1. The number of rotatable bonds is 5. The van der Waals surface area contributed by atoms with Crippen molar-refractivity contribution >= 4 is 5.97 Å². The van der Waals surface area contributed by atoms with Crippen LogP contribution in [0.15, 0.2) is 12.2 Å². The number of methoxy groups -OCH3 is 1. The topological polar surface area (TPSA) is 42.9 Å². The average Bonchev–Trinajstić information content (AvgIpc) is 2.71. The van der Waals surface area contributed by atoms with Crippen molar-refractivity contribution in [2.24, 2.45) is 5.92 Å². The van der Waals surface area contributed by atoms with E-state index in [0.29, 0.717) is 5.92 Å². The van der Waals surface area contributed by atoms with Crippen LogP contribution in [0.5, 0.6) is 0 Å². The highest BCUT2D eigenvalue weighted by atomic mass is 35.5. The molecule has 1 rings (SSSR count). The summed E-state index contributed by atoms with van der Waals surface area (Å²) in [6.07, 6.45) is 9.07. The van der Waals surface area contributed by atoms with Crippen LogP contribution in [0.3, 0.4) is 0 Å². The number of unbranched alkanes of at least 4 members (excludes halogenated alkanes) is 2. The molecule has 1 heterocycles. The van der Waals surface area contributed by atoms with Crippen LogP contribution in [0.1, 0.15) is 32.6 Å². The Labute approximate surface area is 104 Å². The average molecular weight is 248 g/mol. The third kappa shape index (κ3) is 4.54. The van der Waals surface area contributed by atoms with Gasteiger partial charge in [0.1, 0.15) is 0 Å². The predicted octanol–water partition coefficient (Wildman–Crippen LogP) is -2.14. The maximum Gasteiger partial charge on any atom is 0.365 e. The van der Waals surface area contributed by atoms with Crippen LogP contribution < -0.4 is 17.7 Å². The van der Waals surface area contributed by atoms with Crippen LogP contribution in [-0.2, 0) is 9.53 Å². The molecule has 94 valence electrons. The second kappa shape index (κ2) is 8.59. The molecule has 0 radical (unpaired) electrons. The zero-order valence-electron chi connectivity index (χ0n) is 10.1. The number of esters is 1. The molecule has 0 aromatic heterocycles. The van der Waals surface area contributed by atoms with Crippen LogP contribution >= 0.6 is 0 Å². The van der Waals surface area contributed by atoms with Crippen LogP contribution in [0, 0.1) is 5.92 Å². The Morgan fingerprint density at radius 2 is 2.31 bits per heavy atom. The molecule has 1 aliphatic heterocycles. The maximum absolute atomic E-state index is 11.4. The van der Waals surface area contributed by atoms with Gasteiger partial charge in [0.05, 0.1) is 13.7 Å². The van der Waals surface area contributed by atoms with Crippen molar-refractivity contribution in [2.45, 2.75) is 38.6 Å². The van der Waals surface area contributed by atoms with E-state index in [0.717, 1.165) is 19.4 Å². The summed E-state index contributed by atoms with van der Waals surface area (Å²) in [5.41, 5.74) is 0. The lowest BCUT2D eigenvalue weighted by Gasteiger charge is -2.09. The summed E-state index contributed by atoms with van der Waals surface area (Å²) in [6.45, 7) is 3.22. The molecule has 0 aromatic carbocycles. The van der Waals surface area contributed by atoms with E-state index in [1.807, 2.05) is 0 Å². The molecule has 0 aliphatic carbocycles. The molecule has 3 nitrogen and oxygen atoms in total. The van der Waals surface area contributed by atoms with Gasteiger partial charge in [-0.15, -0.1) is 0 Å². The molecule has 0 unspecified atom stereocenters. The molecular formula is C12H22ClNO2. The second-order valence-corrected chi connectivity index (χ2v) is 4.10. The van der Waals surface area contributed by atoms with Crippen molar-refractivity contribution in [1.82, 2.24) is 0 Å². The van der Waals surface area contributed by atoms with E-state index >= 15 is 0 Å². The zero-order valence-corrected chi connectivity index (χ0v) is 10.9. The number of quaternary nitrogens is 1. The minimum atomic E-state index is -0.0855. The van der Waals surface area contributed by atoms with E-state index in [-0.39, 0.29) is 24.4 Å². The van der Waals surface area contributed by atoms with Crippen molar-refractivity contribution < 1.29 is 27.3 Å². The van der Waals surface area contributed by atoms with Crippen molar-refractivity contribution in [1.29, 1.82) is 0 Å². The summed E-state index contributed by atoms with van der Waals surface area (Å²) in [5.74, 6) is 0.284. The van der Waals surface area contributed by atoms with Gasteiger partial charge in [0.25, 0.3) is 0 Å². The van der Waals surface area contributed by atoms with E-state index < -0.39 is 0 Å². The Morgan fingerprint density at radius 3 is 2.94 bits per heavy atom. The van der Waals surface area contributed by atoms with E-state index in [1.165, 1.54) is 20.0 Å². The van der Waals surface area contributed by atoms with E-state index in [4.69, 9.17) is 4.74 Å². The summed E-state index contributed by atoms with van der Waals surface area (Å²) >= 11 is 0. The molecule has 0 aromatic rings. The van der Waals surface area contributed by atoms with Gasteiger partial charge in [0.15, 0.2) is 6.04 Å². The summed E-state index contributed by atoms with van der Waals surface area (Å²) in [4.78, 5) is 11.4. The fourth-order valence-electron chi connectivity index (χ4n) is 2.04. The second-order valence-electron chi connectivity index (χ2n) is 4.10. The number of carbonyl (C=O) groups excluding carboxylic acids is 1. The van der Waals surface area contributed by atoms with Gasteiger partial charge in [-0.1, -0.05) is 31.9 Å². The predicted molar refractivity (Wildman–Crippen MR) is 59.4 cm³/mol. The Bertz CT molecular complexity index is 231. The van der Waals surface area contributed by atoms with E-state index in [9.17, 15) is 4.79 Å². The number of carbonyl (C=O) groups is 1. The number of allylic oxidation sites excluding steroid dienone is 1. The SMILES string of the molecule is CCCC/C=C/[C@@H]1CC[NH2+][C@@H]1C(=O)OC.[Cl-]. The third-order valence-electron chi connectivity index (χ3n) is 2.96. The molecule has 4 heteroatoms. The molecule has 16 heavy (non-hydrogen) atoms. The van der Waals surface area contributed by atoms with Gasteiger partial charge in [-0.2, -0.15) is 0 Å². The monoisotopic (exact) mass is 247 g/mol. The third-order valence-corrected chi connectivity index (χ3v) is 2.96. The van der Waals surface area contributed by atoms with E-state index in [1.54, 1.807) is 0 Å². The molecule has 2 N–H and O–H groups in total. The Morgan fingerprint density at radius 1 is 1.56 bits per heavy atom. The van der Waals surface area contributed by atoms with Gasteiger partial charge in [0, 0.05) is 12.3 Å². The van der Waals surface area contributed by atoms with Crippen molar-refractivity contribution in [2.75, 3.05) is 13.7 Å². The summed E-state index contributed by atoms with van der Waals surface area (Å²) in [7, 11) is 1.46. The van der Waals surface area contributed by atoms with Gasteiger partial charge in [-0.25, -0.2) is 4.79 Å². The number of ether oxygens (including phenoxy) is 1. The highest BCUT2D eigenvalue weighted by Gasteiger charge is 2.35. The van der Waals surface area contributed by atoms with Crippen molar-refractivity contribution in [3.05, 3.63) is 12.2 Å². The molecule has 0 amide bonds. The minimum absolute atomic E-state index is 0. The first-order chi connectivity index (χ1) is 7.29. The number of halogens is 1. The highest BCUT2D eigenvalue weighted by molar-refractivity contribution is 5.74. The quantitative estimate of drug-likeness (QED) is 0.343. The first kappa shape index (κ1) is 15.5. The van der Waals surface area contributed by atoms with Crippen LogP contribution in [-0.4, -0.2) is 25.7 Å². The molecule has 1 saturated heterocycles. The van der Waals surface area contributed by atoms with Gasteiger partial charge < -0.3 is 22.5 Å². The first-order valence-electron chi connectivity index (χ1n) is 5.87. The van der Waals surface area contributed by atoms with Gasteiger partial charge in [0.2, 0.25) is 0 Å². The lowest BCUT2D eigenvalue weighted by Crippen LogP contribution is -3.00. The molecule has 0 saturated carbocycles. The van der Waals surface area contributed by atoms with Gasteiger partial charge in [-0.05, 0) is 6.42 Å². The van der Waals surface area contributed by atoms with Crippen LogP contribution in [0.2, 0.25) is 0 Å². The van der Waals surface area contributed by atoms with E-state index in [2.05, 4.69) is 24.4 Å². The summed E-state index contributed by atoms with van der Waals surface area (Å²) in [6, 6.07) is -0.00660. The standard InChI is InChI=1S/C12H21NO2.ClH/c1-3-4-5-6-7-10-8-9-13-11(10)12(14)15-2;/h6-7,10-11,13H,3-5,8-9H2,1-2H3;1H/b7-6+;/t10-,11+;/m1./s1. The van der Waals surface area contributed by atoms with Crippen LogP contribution in [0.25, 0.3) is 0 Å². The fraction of sp³-hybridized carbons (Fsp3) is 0.750. The minimum Gasteiger partial charge on any atom is -1.00 e. The Kier molecular flexibility index (Phi) is 8.30. The summed E-state index contributed by atoms with van der Waals surface area (Å²) < 4.78 is 4.79. The highest BCUT2D eigenvalue weighted by Crippen LogP contribution is 2.13. The first-order valence-corrected chi connectivity index (χ1v) is 5.87. The maximum atomic E-state index is 11.4. The Balaban J connectivity index is 0.00000225. The normalized spacial score (nSPS) is 24.4. The molecule has 1 aliphatic rings. The Hall–Kier alpha value is -0.540.